The van der Waals surface area contributed by atoms with Crippen LogP contribution in [0.3, 0.4) is 0 Å². The summed E-state index contributed by atoms with van der Waals surface area (Å²) in [6.45, 7) is 7.48. The summed E-state index contributed by atoms with van der Waals surface area (Å²) >= 11 is 1.88. The summed E-state index contributed by atoms with van der Waals surface area (Å²) in [6.07, 6.45) is 3.74. The van der Waals surface area contributed by atoms with Crippen LogP contribution in [0, 0.1) is 0 Å². The van der Waals surface area contributed by atoms with E-state index in [2.05, 4.69) is 17.0 Å². The molecule has 5 nitrogen and oxygen atoms in total. The first-order valence-corrected chi connectivity index (χ1v) is 9.42. The van der Waals surface area contributed by atoms with Crippen LogP contribution < -0.4 is 0 Å². The number of carbonyl (C=O) groups excluding carboxylic acids is 1. The lowest BCUT2D eigenvalue weighted by atomic mass is 10.1. The molecule has 2 aliphatic heterocycles. The van der Waals surface area contributed by atoms with E-state index in [-0.39, 0.29) is 6.09 Å². The lowest BCUT2D eigenvalue weighted by Gasteiger charge is -2.33. The molecule has 0 spiro atoms. The highest BCUT2D eigenvalue weighted by atomic mass is 32.1. The second-order valence-electron chi connectivity index (χ2n) is 6.12. The fraction of sp³-hybridized carbons (Fsp3) is 0.706. The molecule has 0 aromatic carbocycles. The van der Waals surface area contributed by atoms with Crippen LogP contribution in [-0.4, -0.2) is 55.3 Å². The Morgan fingerprint density at radius 1 is 1.30 bits per heavy atom. The molecule has 0 saturated carbocycles. The highest BCUT2D eigenvalue weighted by molar-refractivity contribution is 7.12. The zero-order valence-corrected chi connectivity index (χ0v) is 14.6. The van der Waals surface area contributed by atoms with Crippen LogP contribution in [0.5, 0.6) is 0 Å². The van der Waals surface area contributed by atoms with Gasteiger partial charge in [0.2, 0.25) is 0 Å². The number of carbonyl (C=O) groups is 1. The van der Waals surface area contributed by atoms with E-state index in [0.29, 0.717) is 12.7 Å². The number of ether oxygens (including phenoxy) is 2. The summed E-state index contributed by atoms with van der Waals surface area (Å²) in [6, 6.07) is 4.46. The van der Waals surface area contributed by atoms with E-state index in [4.69, 9.17) is 9.47 Å². The minimum Gasteiger partial charge on any atom is -0.450 e. The van der Waals surface area contributed by atoms with Gasteiger partial charge in [0.05, 0.1) is 12.7 Å². The SMILES string of the molecule is CCOC(=O)N1CCN(Cc2ccc([C@@H]3CCCCO3)s2)CC1. The van der Waals surface area contributed by atoms with Crippen molar-refractivity contribution in [3.63, 3.8) is 0 Å². The minimum atomic E-state index is -0.181. The summed E-state index contributed by atoms with van der Waals surface area (Å²) < 4.78 is 10.9. The van der Waals surface area contributed by atoms with Gasteiger partial charge in [-0.2, -0.15) is 0 Å². The molecule has 3 rings (SSSR count). The first kappa shape index (κ1) is 16.7. The van der Waals surface area contributed by atoms with Gasteiger partial charge in [0, 0.05) is 49.1 Å². The third kappa shape index (κ3) is 4.46. The summed E-state index contributed by atoms with van der Waals surface area (Å²) in [5, 5.41) is 0. The van der Waals surface area contributed by atoms with Gasteiger partial charge in [-0.3, -0.25) is 4.90 Å². The Morgan fingerprint density at radius 3 is 2.83 bits per heavy atom. The van der Waals surface area contributed by atoms with Gasteiger partial charge in [-0.1, -0.05) is 0 Å². The monoisotopic (exact) mass is 338 g/mol. The topological polar surface area (TPSA) is 42.0 Å². The summed E-state index contributed by atoms with van der Waals surface area (Å²) in [5.74, 6) is 0. The average molecular weight is 338 g/mol. The van der Waals surface area contributed by atoms with Gasteiger partial charge in [0.25, 0.3) is 0 Å². The molecular formula is C17H26N2O3S. The Kier molecular flexibility index (Phi) is 5.91. The van der Waals surface area contributed by atoms with Gasteiger partial charge < -0.3 is 14.4 Å². The third-order valence-electron chi connectivity index (χ3n) is 4.46. The highest BCUT2D eigenvalue weighted by Crippen LogP contribution is 2.33. The van der Waals surface area contributed by atoms with Crippen molar-refractivity contribution in [2.24, 2.45) is 0 Å². The second kappa shape index (κ2) is 8.13. The van der Waals surface area contributed by atoms with Crippen LogP contribution >= 0.6 is 11.3 Å². The number of nitrogens with zero attached hydrogens (tertiary/aromatic N) is 2. The molecule has 1 atom stereocenters. The van der Waals surface area contributed by atoms with E-state index in [0.717, 1.165) is 45.8 Å². The predicted molar refractivity (Wildman–Crippen MR) is 90.7 cm³/mol. The molecule has 2 fully saturated rings. The van der Waals surface area contributed by atoms with E-state index < -0.39 is 0 Å². The van der Waals surface area contributed by atoms with Gasteiger partial charge >= 0.3 is 6.09 Å². The van der Waals surface area contributed by atoms with Crippen LogP contribution in [0.15, 0.2) is 12.1 Å². The van der Waals surface area contributed by atoms with Crippen LogP contribution in [-0.2, 0) is 16.0 Å². The van der Waals surface area contributed by atoms with E-state index in [1.54, 1.807) is 4.90 Å². The molecule has 3 heterocycles. The van der Waals surface area contributed by atoms with Crippen molar-refractivity contribution < 1.29 is 14.3 Å². The first-order valence-electron chi connectivity index (χ1n) is 8.60. The largest absolute Gasteiger partial charge is 0.450 e. The van der Waals surface area contributed by atoms with Crippen LogP contribution in [0.4, 0.5) is 4.79 Å². The van der Waals surface area contributed by atoms with Gasteiger partial charge in [-0.15, -0.1) is 11.3 Å². The van der Waals surface area contributed by atoms with Crippen LogP contribution in [0.25, 0.3) is 0 Å². The summed E-state index contributed by atoms with van der Waals surface area (Å²) in [4.78, 5) is 18.7. The molecule has 1 aromatic rings. The van der Waals surface area contributed by atoms with Gasteiger partial charge in [-0.25, -0.2) is 4.79 Å². The molecule has 0 unspecified atom stereocenters. The summed E-state index contributed by atoms with van der Waals surface area (Å²) in [7, 11) is 0. The molecule has 1 aromatic heterocycles. The second-order valence-corrected chi connectivity index (χ2v) is 7.32. The number of amides is 1. The van der Waals surface area contributed by atoms with E-state index in [1.807, 2.05) is 18.3 Å². The molecule has 128 valence electrons. The first-order chi connectivity index (χ1) is 11.3. The van der Waals surface area contributed by atoms with Crippen LogP contribution in [0.2, 0.25) is 0 Å². The zero-order chi connectivity index (χ0) is 16.1. The maximum atomic E-state index is 11.7. The summed E-state index contributed by atoms with van der Waals surface area (Å²) in [5.41, 5.74) is 0. The van der Waals surface area contributed by atoms with Crippen molar-refractivity contribution in [1.29, 1.82) is 0 Å². The zero-order valence-electron chi connectivity index (χ0n) is 13.8. The van der Waals surface area contributed by atoms with E-state index >= 15 is 0 Å². The Morgan fingerprint density at radius 2 is 2.13 bits per heavy atom. The van der Waals surface area contributed by atoms with E-state index in [9.17, 15) is 4.79 Å². The quantitative estimate of drug-likeness (QED) is 0.845. The Hall–Kier alpha value is -1.11. The molecule has 0 N–H and O–H groups in total. The van der Waals surface area contributed by atoms with Gasteiger partial charge in [0.1, 0.15) is 0 Å². The fourth-order valence-electron chi connectivity index (χ4n) is 3.14. The number of thiophene rings is 1. The fourth-order valence-corrected chi connectivity index (χ4v) is 4.28. The molecule has 23 heavy (non-hydrogen) atoms. The third-order valence-corrected chi connectivity index (χ3v) is 5.62. The van der Waals surface area contributed by atoms with Crippen molar-refractivity contribution in [3.8, 4) is 0 Å². The minimum absolute atomic E-state index is 0.181. The molecule has 1 amide bonds. The molecule has 2 saturated heterocycles. The number of hydrogen-bond donors (Lipinski definition) is 0. The maximum Gasteiger partial charge on any atom is 0.409 e. The Balaban J connectivity index is 1.47. The van der Waals surface area contributed by atoms with Crippen LogP contribution in [0.1, 0.15) is 42.0 Å². The lowest BCUT2D eigenvalue weighted by molar-refractivity contribution is 0.0172. The van der Waals surface area contributed by atoms with Crippen molar-refractivity contribution in [2.75, 3.05) is 39.4 Å². The Labute approximate surface area is 142 Å². The molecule has 0 bridgehead atoms. The predicted octanol–water partition coefficient (Wildman–Crippen LogP) is 3.26. The van der Waals surface area contributed by atoms with Gasteiger partial charge in [0.15, 0.2) is 0 Å². The van der Waals surface area contributed by atoms with Crippen molar-refractivity contribution in [2.45, 2.75) is 38.8 Å². The standard InChI is InChI=1S/C17H26N2O3S/c1-2-21-17(20)19-10-8-18(9-11-19)13-14-6-7-16(23-14)15-5-3-4-12-22-15/h6-7,15H,2-5,8-13H2,1H3/t15-/m0/s1. The lowest BCUT2D eigenvalue weighted by Crippen LogP contribution is -2.48. The molecular weight excluding hydrogens is 312 g/mol. The normalized spacial score (nSPS) is 23.0. The van der Waals surface area contributed by atoms with Crippen molar-refractivity contribution in [3.05, 3.63) is 21.9 Å². The molecule has 0 aliphatic carbocycles. The molecule has 2 aliphatic rings. The van der Waals surface area contributed by atoms with Crippen molar-refractivity contribution in [1.82, 2.24) is 9.80 Å². The smallest absolute Gasteiger partial charge is 0.409 e. The maximum absolute atomic E-state index is 11.7. The van der Waals surface area contributed by atoms with Crippen molar-refractivity contribution >= 4 is 17.4 Å². The molecule has 6 heteroatoms. The number of rotatable bonds is 4. The number of piperazine rings is 1. The Bertz CT molecular complexity index is 506. The average Bonchev–Trinajstić information content (AvgIpc) is 3.05. The highest BCUT2D eigenvalue weighted by Gasteiger charge is 2.23. The van der Waals surface area contributed by atoms with E-state index in [1.165, 1.54) is 22.6 Å². The molecule has 0 radical (unpaired) electrons. The number of hydrogen-bond acceptors (Lipinski definition) is 5. The van der Waals surface area contributed by atoms with Gasteiger partial charge in [-0.05, 0) is 38.3 Å².